The van der Waals surface area contributed by atoms with Gasteiger partial charge in [0, 0.05) is 23.3 Å². The third-order valence-electron chi connectivity index (χ3n) is 2.18. The van der Waals surface area contributed by atoms with Crippen molar-refractivity contribution in [2.75, 3.05) is 6.54 Å². The van der Waals surface area contributed by atoms with E-state index in [2.05, 4.69) is 9.97 Å². The largest absolute Gasteiger partial charge is 0.460 e. The smallest absolute Gasteiger partial charge is 0.320 e. The van der Waals surface area contributed by atoms with Gasteiger partial charge in [-0.3, -0.25) is 9.78 Å². The predicted molar refractivity (Wildman–Crippen MR) is 63.4 cm³/mol. The monoisotopic (exact) mass is 251 g/mol. The van der Waals surface area contributed by atoms with Gasteiger partial charge in [0.05, 0.1) is 6.54 Å². The summed E-state index contributed by atoms with van der Waals surface area (Å²) in [6.45, 7) is 0.0235. The number of aromatic nitrogens is 2. The Bertz CT molecular complexity index is 559. The Balaban J connectivity index is 2.23. The van der Waals surface area contributed by atoms with E-state index in [4.69, 9.17) is 22.1 Å². The molecule has 0 saturated carbocycles. The second-order valence-electron chi connectivity index (χ2n) is 3.38. The molecule has 0 saturated heterocycles. The van der Waals surface area contributed by atoms with Crippen molar-refractivity contribution < 1.29 is 9.53 Å². The van der Waals surface area contributed by atoms with Crippen LogP contribution in [0.5, 0.6) is 0 Å². The first-order chi connectivity index (χ1) is 8.20. The second kappa shape index (κ2) is 5.07. The Hall–Kier alpha value is -1.72. The summed E-state index contributed by atoms with van der Waals surface area (Å²) >= 11 is 5.88. The maximum atomic E-state index is 10.9. The molecular formula is C11H10ClN3O2. The van der Waals surface area contributed by atoms with Crippen LogP contribution in [0.1, 0.15) is 5.56 Å². The number of carbonyl (C=O) groups excluding carboxylic acids is 1. The zero-order valence-corrected chi connectivity index (χ0v) is 9.65. The van der Waals surface area contributed by atoms with Crippen LogP contribution in [0, 0.1) is 0 Å². The normalized spacial score (nSPS) is 10.5. The third-order valence-corrected chi connectivity index (χ3v) is 2.45. The maximum absolute atomic E-state index is 10.9. The molecule has 2 aromatic heterocycles. The molecule has 2 rings (SSSR count). The van der Waals surface area contributed by atoms with Gasteiger partial charge >= 0.3 is 5.97 Å². The first-order valence-electron chi connectivity index (χ1n) is 4.95. The van der Waals surface area contributed by atoms with E-state index in [0.717, 1.165) is 10.9 Å². The molecule has 0 atom stereocenters. The van der Waals surface area contributed by atoms with Crippen molar-refractivity contribution in [3.8, 4) is 0 Å². The molecule has 0 aliphatic carbocycles. The highest BCUT2D eigenvalue weighted by atomic mass is 35.5. The Kier molecular flexibility index (Phi) is 3.51. The van der Waals surface area contributed by atoms with Crippen LogP contribution in [0.2, 0.25) is 5.15 Å². The number of carbonyl (C=O) groups is 1. The summed E-state index contributed by atoms with van der Waals surface area (Å²) in [6.07, 6.45) is 3.20. The van der Waals surface area contributed by atoms with Gasteiger partial charge in [-0.15, -0.1) is 0 Å². The summed E-state index contributed by atoms with van der Waals surface area (Å²) in [6, 6.07) is 3.64. The molecule has 0 radical (unpaired) electrons. The molecule has 0 aromatic carbocycles. The summed E-state index contributed by atoms with van der Waals surface area (Å²) < 4.78 is 4.90. The van der Waals surface area contributed by atoms with Gasteiger partial charge in [0.25, 0.3) is 0 Å². The number of nitrogens with two attached hydrogens (primary N) is 1. The molecule has 88 valence electrons. The third kappa shape index (κ3) is 2.69. The SMILES string of the molecule is NCC(=O)OCc1cnc2c(Cl)nccc2c1. The van der Waals surface area contributed by atoms with E-state index < -0.39 is 5.97 Å². The molecule has 0 bridgehead atoms. The van der Waals surface area contributed by atoms with Gasteiger partial charge in [-0.2, -0.15) is 0 Å². The van der Waals surface area contributed by atoms with Crippen LogP contribution in [0.4, 0.5) is 0 Å². The summed E-state index contributed by atoms with van der Waals surface area (Å²) in [7, 11) is 0. The highest BCUT2D eigenvalue weighted by Crippen LogP contribution is 2.19. The zero-order valence-electron chi connectivity index (χ0n) is 8.89. The molecule has 0 fully saturated rings. The maximum Gasteiger partial charge on any atom is 0.320 e. The fraction of sp³-hybridized carbons (Fsp3) is 0.182. The van der Waals surface area contributed by atoms with Crippen LogP contribution in [-0.4, -0.2) is 22.5 Å². The summed E-state index contributed by atoms with van der Waals surface area (Å²) in [4.78, 5) is 19.0. The number of ether oxygens (including phenoxy) is 1. The molecule has 2 N–H and O–H groups in total. The van der Waals surface area contributed by atoms with Gasteiger partial charge in [-0.25, -0.2) is 4.98 Å². The van der Waals surface area contributed by atoms with E-state index in [1.165, 1.54) is 0 Å². The number of rotatable bonds is 3. The van der Waals surface area contributed by atoms with Crippen LogP contribution >= 0.6 is 11.6 Å². The molecule has 0 aliphatic heterocycles. The molecule has 0 unspecified atom stereocenters. The second-order valence-corrected chi connectivity index (χ2v) is 3.74. The molecule has 0 aliphatic rings. The number of pyridine rings is 2. The minimum absolute atomic E-state index is 0.128. The van der Waals surface area contributed by atoms with Crippen molar-refractivity contribution in [2.24, 2.45) is 5.73 Å². The van der Waals surface area contributed by atoms with Crippen LogP contribution in [-0.2, 0) is 16.1 Å². The Labute approximate surface area is 103 Å². The lowest BCUT2D eigenvalue weighted by Gasteiger charge is -2.04. The minimum Gasteiger partial charge on any atom is -0.460 e. The molecular weight excluding hydrogens is 242 g/mol. The average Bonchev–Trinajstić information content (AvgIpc) is 2.36. The highest BCUT2D eigenvalue weighted by molar-refractivity contribution is 6.33. The molecule has 6 heteroatoms. The lowest BCUT2D eigenvalue weighted by atomic mass is 10.2. The number of halogens is 1. The average molecular weight is 252 g/mol. The lowest BCUT2D eigenvalue weighted by Crippen LogP contribution is -2.16. The standard InChI is InChI=1S/C11H10ClN3O2/c12-11-10-8(1-2-14-11)3-7(5-15-10)6-17-9(16)4-13/h1-3,5H,4,6,13H2. The Morgan fingerprint density at radius 3 is 3.06 bits per heavy atom. The highest BCUT2D eigenvalue weighted by Gasteiger charge is 2.04. The first-order valence-corrected chi connectivity index (χ1v) is 5.33. The van der Waals surface area contributed by atoms with E-state index in [9.17, 15) is 4.79 Å². The van der Waals surface area contributed by atoms with Crippen molar-refractivity contribution in [1.82, 2.24) is 9.97 Å². The number of hydrogen-bond donors (Lipinski definition) is 1. The van der Waals surface area contributed by atoms with Gasteiger partial charge in [0.2, 0.25) is 0 Å². The molecule has 17 heavy (non-hydrogen) atoms. The summed E-state index contributed by atoms with van der Waals surface area (Å²) in [5.41, 5.74) is 6.54. The Morgan fingerprint density at radius 1 is 1.47 bits per heavy atom. The quantitative estimate of drug-likeness (QED) is 0.657. The van der Waals surface area contributed by atoms with Crippen LogP contribution in [0.15, 0.2) is 24.5 Å². The van der Waals surface area contributed by atoms with E-state index in [0.29, 0.717) is 10.7 Å². The van der Waals surface area contributed by atoms with E-state index in [-0.39, 0.29) is 13.2 Å². The summed E-state index contributed by atoms with van der Waals surface area (Å²) in [5.74, 6) is -0.446. The molecule has 5 nitrogen and oxygen atoms in total. The van der Waals surface area contributed by atoms with Crippen molar-refractivity contribution in [2.45, 2.75) is 6.61 Å². The topological polar surface area (TPSA) is 78.1 Å². The van der Waals surface area contributed by atoms with Crippen LogP contribution in [0.25, 0.3) is 10.9 Å². The van der Waals surface area contributed by atoms with Gasteiger partial charge in [-0.05, 0) is 12.1 Å². The van der Waals surface area contributed by atoms with E-state index >= 15 is 0 Å². The number of hydrogen-bond acceptors (Lipinski definition) is 5. The van der Waals surface area contributed by atoms with Crippen molar-refractivity contribution in [3.05, 3.63) is 35.2 Å². The fourth-order valence-electron chi connectivity index (χ4n) is 1.37. The molecule has 0 spiro atoms. The molecule has 2 aromatic rings. The van der Waals surface area contributed by atoms with Crippen LogP contribution in [0.3, 0.4) is 0 Å². The van der Waals surface area contributed by atoms with Gasteiger partial charge in [-0.1, -0.05) is 11.6 Å². The van der Waals surface area contributed by atoms with E-state index in [1.54, 1.807) is 18.5 Å². The number of esters is 1. The van der Waals surface area contributed by atoms with E-state index in [1.807, 2.05) is 6.07 Å². The molecule has 2 heterocycles. The summed E-state index contributed by atoms with van der Waals surface area (Å²) in [5, 5.41) is 1.21. The van der Waals surface area contributed by atoms with Crippen LogP contribution < -0.4 is 5.73 Å². The zero-order chi connectivity index (χ0) is 12.3. The lowest BCUT2D eigenvalue weighted by molar-refractivity contribution is -0.143. The predicted octanol–water partition coefficient (Wildman–Crippen LogP) is 1.29. The number of fused-ring (bicyclic) bond motifs is 1. The van der Waals surface area contributed by atoms with Crippen molar-refractivity contribution in [3.63, 3.8) is 0 Å². The Morgan fingerprint density at radius 2 is 2.29 bits per heavy atom. The fourth-order valence-corrected chi connectivity index (χ4v) is 1.59. The van der Waals surface area contributed by atoms with Gasteiger partial charge in [0.1, 0.15) is 12.1 Å². The van der Waals surface area contributed by atoms with Crippen molar-refractivity contribution in [1.29, 1.82) is 0 Å². The minimum atomic E-state index is -0.446. The van der Waals surface area contributed by atoms with Gasteiger partial charge in [0.15, 0.2) is 5.15 Å². The van der Waals surface area contributed by atoms with Gasteiger partial charge < -0.3 is 10.5 Å². The number of nitrogens with zero attached hydrogens (tertiary/aromatic N) is 2. The molecule has 0 amide bonds. The van der Waals surface area contributed by atoms with Crippen molar-refractivity contribution >= 4 is 28.5 Å². The first kappa shape index (κ1) is 11.8.